The van der Waals surface area contributed by atoms with Crippen molar-refractivity contribution < 1.29 is 9.47 Å². The number of rotatable bonds is 3. The summed E-state index contributed by atoms with van der Waals surface area (Å²) < 4.78 is 11.4. The Morgan fingerprint density at radius 1 is 1.40 bits per heavy atom. The van der Waals surface area contributed by atoms with Gasteiger partial charge in [0.1, 0.15) is 23.1 Å². The molecule has 3 heterocycles. The lowest BCUT2D eigenvalue weighted by Crippen LogP contribution is -2.26. The van der Waals surface area contributed by atoms with Crippen molar-refractivity contribution in [1.29, 1.82) is 0 Å². The van der Waals surface area contributed by atoms with E-state index in [0.29, 0.717) is 13.2 Å². The van der Waals surface area contributed by atoms with Gasteiger partial charge >= 0.3 is 0 Å². The van der Waals surface area contributed by atoms with Crippen LogP contribution in [-0.2, 0) is 9.47 Å². The minimum absolute atomic E-state index is 0.0510. The molecule has 20 heavy (non-hydrogen) atoms. The van der Waals surface area contributed by atoms with Gasteiger partial charge in [-0.1, -0.05) is 0 Å². The summed E-state index contributed by atoms with van der Waals surface area (Å²) in [6.45, 7) is 9.38. The van der Waals surface area contributed by atoms with Crippen LogP contribution in [0.4, 0.5) is 5.82 Å². The van der Waals surface area contributed by atoms with Crippen molar-refractivity contribution >= 4 is 27.4 Å². The number of nitrogens with zero attached hydrogens (tertiary/aromatic N) is 2. The molecule has 0 amide bonds. The molecule has 2 aromatic heterocycles. The molecule has 1 atom stereocenters. The first kappa shape index (κ1) is 13.7. The molecule has 108 valence electrons. The van der Waals surface area contributed by atoms with Crippen molar-refractivity contribution in [2.45, 2.75) is 39.6 Å². The van der Waals surface area contributed by atoms with Gasteiger partial charge in [0.25, 0.3) is 0 Å². The lowest BCUT2D eigenvalue weighted by Gasteiger charge is -2.17. The molecule has 1 fully saturated rings. The molecule has 0 aromatic carbocycles. The Kier molecular flexibility index (Phi) is 3.40. The molecule has 1 saturated heterocycles. The van der Waals surface area contributed by atoms with Crippen LogP contribution in [0.1, 0.15) is 24.3 Å². The van der Waals surface area contributed by atoms with E-state index in [9.17, 15) is 0 Å². The predicted octanol–water partition coefficient (Wildman–Crippen LogP) is 2.87. The molecule has 1 aliphatic rings. The second-order valence-corrected chi connectivity index (χ2v) is 6.72. The Morgan fingerprint density at radius 2 is 2.20 bits per heavy atom. The van der Waals surface area contributed by atoms with Gasteiger partial charge in [-0.2, -0.15) is 0 Å². The molecule has 0 bridgehead atoms. The number of hydrogen-bond donors (Lipinski definition) is 1. The summed E-state index contributed by atoms with van der Waals surface area (Å²) in [6, 6.07) is 0. The number of hydrogen-bond acceptors (Lipinski definition) is 6. The van der Waals surface area contributed by atoms with Crippen molar-refractivity contribution in [3.8, 4) is 0 Å². The maximum atomic E-state index is 5.79. The second kappa shape index (κ2) is 4.95. The molecule has 1 N–H and O–H groups in total. The fourth-order valence-electron chi connectivity index (χ4n) is 2.39. The summed E-state index contributed by atoms with van der Waals surface area (Å²) in [4.78, 5) is 11.0. The van der Waals surface area contributed by atoms with E-state index < -0.39 is 5.79 Å². The molecule has 3 rings (SSSR count). The van der Waals surface area contributed by atoms with E-state index in [1.165, 1.54) is 10.4 Å². The monoisotopic (exact) mass is 293 g/mol. The molecule has 5 nitrogen and oxygen atoms in total. The van der Waals surface area contributed by atoms with Crippen LogP contribution in [0, 0.1) is 13.8 Å². The molecule has 0 radical (unpaired) electrons. The molecular formula is C14H19N3O2S. The Morgan fingerprint density at radius 3 is 2.90 bits per heavy atom. The first-order valence-electron chi connectivity index (χ1n) is 6.72. The highest BCUT2D eigenvalue weighted by atomic mass is 32.1. The maximum Gasteiger partial charge on any atom is 0.163 e. The topological polar surface area (TPSA) is 56.3 Å². The Labute approximate surface area is 122 Å². The third kappa shape index (κ3) is 2.51. The van der Waals surface area contributed by atoms with Gasteiger partial charge in [0.15, 0.2) is 5.79 Å². The third-order valence-electron chi connectivity index (χ3n) is 3.53. The first-order valence-corrected chi connectivity index (χ1v) is 7.54. The highest BCUT2D eigenvalue weighted by molar-refractivity contribution is 7.18. The van der Waals surface area contributed by atoms with Gasteiger partial charge in [0.05, 0.1) is 12.0 Å². The van der Waals surface area contributed by atoms with Gasteiger partial charge in [-0.3, -0.25) is 0 Å². The summed E-state index contributed by atoms with van der Waals surface area (Å²) in [7, 11) is 0. The molecule has 2 aromatic rings. The summed E-state index contributed by atoms with van der Waals surface area (Å²) in [5, 5.41) is 4.49. The highest BCUT2D eigenvalue weighted by Gasteiger charge is 2.32. The van der Waals surface area contributed by atoms with Gasteiger partial charge in [0.2, 0.25) is 0 Å². The number of ether oxygens (including phenoxy) is 2. The van der Waals surface area contributed by atoms with Crippen molar-refractivity contribution in [2.24, 2.45) is 0 Å². The Bertz CT molecular complexity index is 639. The van der Waals surface area contributed by atoms with Crippen LogP contribution in [0.2, 0.25) is 0 Å². The number of aromatic nitrogens is 2. The predicted molar refractivity (Wildman–Crippen MR) is 80.3 cm³/mol. The first-order chi connectivity index (χ1) is 9.46. The van der Waals surface area contributed by atoms with Crippen LogP contribution in [0.5, 0.6) is 0 Å². The van der Waals surface area contributed by atoms with Gasteiger partial charge in [-0.05, 0) is 33.3 Å². The number of aryl methyl sites for hydroxylation is 2. The summed E-state index contributed by atoms with van der Waals surface area (Å²) >= 11 is 1.70. The number of fused-ring (bicyclic) bond motifs is 1. The van der Waals surface area contributed by atoms with Crippen LogP contribution in [-0.4, -0.2) is 35.0 Å². The quantitative estimate of drug-likeness (QED) is 0.943. The molecular weight excluding hydrogens is 274 g/mol. The van der Waals surface area contributed by atoms with E-state index in [1.807, 2.05) is 13.8 Å². The van der Waals surface area contributed by atoms with E-state index in [0.717, 1.165) is 16.0 Å². The van der Waals surface area contributed by atoms with Crippen LogP contribution < -0.4 is 5.32 Å². The zero-order chi connectivity index (χ0) is 14.3. The zero-order valence-electron chi connectivity index (χ0n) is 12.2. The molecule has 0 saturated carbocycles. The van der Waals surface area contributed by atoms with E-state index in [1.54, 1.807) is 17.7 Å². The maximum absolute atomic E-state index is 5.79. The van der Waals surface area contributed by atoms with Crippen molar-refractivity contribution in [1.82, 2.24) is 9.97 Å². The van der Waals surface area contributed by atoms with Gasteiger partial charge in [0, 0.05) is 11.4 Å². The van der Waals surface area contributed by atoms with Crippen molar-refractivity contribution in [3.05, 3.63) is 16.8 Å². The summed E-state index contributed by atoms with van der Waals surface area (Å²) in [5.74, 6) is 0.396. The number of nitrogens with one attached hydrogen (secondary N) is 1. The normalized spacial score (nSPS) is 21.5. The molecule has 0 aliphatic carbocycles. The molecule has 1 aliphatic heterocycles. The van der Waals surface area contributed by atoms with E-state index in [2.05, 4.69) is 29.1 Å². The molecule has 6 heteroatoms. The van der Waals surface area contributed by atoms with Crippen LogP contribution >= 0.6 is 11.3 Å². The fraction of sp³-hybridized carbons (Fsp3) is 0.571. The lowest BCUT2D eigenvalue weighted by atomic mass is 10.2. The average Bonchev–Trinajstić information content (AvgIpc) is 2.88. The van der Waals surface area contributed by atoms with E-state index >= 15 is 0 Å². The molecule has 1 unspecified atom stereocenters. The molecule has 0 spiro atoms. The van der Waals surface area contributed by atoms with Crippen molar-refractivity contribution in [2.75, 3.05) is 18.5 Å². The van der Waals surface area contributed by atoms with Gasteiger partial charge in [-0.25, -0.2) is 9.97 Å². The average molecular weight is 293 g/mol. The summed E-state index contributed by atoms with van der Waals surface area (Å²) in [5.41, 5.74) is 1.25. The fourth-order valence-corrected chi connectivity index (χ4v) is 3.39. The number of thiophene rings is 1. The Hall–Kier alpha value is -1.24. The van der Waals surface area contributed by atoms with E-state index in [4.69, 9.17) is 9.47 Å². The second-order valence-electron chi connectivity index (χ2n) is 5.52. The largest absolute Gasteiger partial charge is 0.367 e. The lowest BCUT2D eigenvalue weighted by molar-refractivity contribution is -0.136. The van der Waals surface area contributed by atoms with Gasteiger partial charge < -0.3 is 14.8 Å². The van der Waals surface area contributed by atoms with Crippen LogP contribution in [0.15, 0.2) is 6.33 Å². The highest BCUT2D eigenvalue weighted by Crippen LogP contribution is 2.32. The smallest absolute Gasteiger partial charge is 0.163 e. The third-order valence-corrected chi connectivity index (χ3v) is 4.65. The minimum atomic E-state index is -0.484. The van der Waals surface area contributed by atoms with Gasteiger partial charge in [-0.15, -0.1) is 11.3 Å². The number of anilines is 1. The van der Waals surface area contributed by atoms with E-state index in [-0.39, 0.29) is 6.10 Å². The van der Waals surface area contributed by atoms with Crippen LogP contribution in [0.3, 0.4) is 0 Å². The van der Waals surface area contributed by atoms with Crippen molar-refractivity contribution in [3.63, 3.8) is 0 Å². The summed E-state index contributed by atoms with van der Waals surface area (Å²) in [6.07, 6.45) is 1.66. The minimum Gasteiger partial charge on any atom is -0.367 e. The SMILES string of the molecule is Cc1sc2ncnc(NCC3COC(C)(C)O3)c2c1C. The van der Waals surface area contributed by atoms with Crippen LogP contribution in [0.25, 0.3) is 10.2 Å². The standard InChI is InChI=1S/C14H19N3O2S/c1-8-9(2)20-13-11(8)12(16-7-17-13)15-5-10-6-18-14(3,4)19-10/h7,10H,5-6H2,1-4H3,(H,15,16,17). The Balaban J connectivity index is 1.78. The zero-order valence-corrected chi connectivity index (χ0v) is 13.0.